The van der Waals surface area contributed by atoms with Crippen molar-refractivity contribution in [2.24, 2.45) is 0 Å². The Balaban J connectivity index is 0.00000289. The lowest BCUT2D eigenvalue weighted by atomic mass is 10.0. The zero-order chi connectivity index (χ0) is 21.5. The number of ether oxygens (including phenoxy) is 1. The molecule has 0 bridgehead atoms. The predicted octanol–water partition coefficient (Wildman–Crippen LogP) is 5.99. The maximum absolute atomic E-state index is 6.49. The van der Waals surface area contributed by atoms with Gasteiger partial charge in [-0.25, -0.2) is 0 Å². The Morgan fingerprint density at radius 1 is 0.812 bits per heavy atom. The van der Waals surface area contributed by atoms with Gasteiger partial charge in [0.2, 0.25) is 0 Å². The topological polar surface area (TPSA) is 15.7 Å². The average molecular weight is 471 g/mol. The molecule has 0 aromatic heterocycles. The van der Waals surface area contributed by atoms with Crippen molar-refractivity contribution in [3.63, 3.8) is 0 Å². The van der Waals surface area contributed by atoms with Gasteiger partial charge in [0.05, 0.1) is 6.61 Å². The van der Waals surface area contributed by atoms with E-state index in [4.69, 9.17) is 16.3 Å². The van der Waals surface area contributed by atoms with Crippen molar-refractivity contribution in [2.75, 3.05) is 39.3 Å². The molecule has 1 aliphatic heterocycles. The highest BCUT2D eigenvalue weighted by atomic mass is 35.5. The van der Waals surface area contributed by atoms with E-state index in [0.717, 1.165) is 55.4 Å². The smallest absolute Gasteiger partial charge is 0.109 e. The fourth-order valence-electron chi connectivity index (χ4n) is 4.18. The van der Waals surface area contributed by atoms with Crippen molar-refractivity contribution in [3.8, 4) is 0 Å². The van der Waals surface area contributed by atoms with E-state index >= 15 is 0 Å². The van der Waals surface area contributed by atoms with E-state index in [1.165, 1.54) is 11.1 Å². The zero-order valence-electron chi connectivity index (χ0n) is 18.6. The molecule has 1 unspecified atom stereocenters. The summed E-state index contributed by atoms with van der Waals surface area (Å²) in [6, 6.07) is 27.0. The normalized spacial score (nSPS) is 15.8. The Kier molecular flexibility index (Phi) is 9.58. The second-order valence-electron chi connectivity index (χ2n) is 8.23. The highest BCUT2D eigenvalue weighted by Gasteiger charge is 2.20. The SMILES string of the molecule is Cc1ccccc1CN1CCN(CCOC(c2ccccc2)c2ccccc2Cl)CC1.Cl. The second-order valence-corrected chi connectivity index (χ2v) is 8.63. The van der Waals surface area contributed by atoms with E-state index < -0.39 is 0 Å². The molecule has 1 heterocycles. The summed E-state index contributed by atoms with van der Waals surface area (Å²) in [7, 11) is 0. The van der Waals surface area contributed by atoms with Crippen LogP contribution in [0, 0.1) is 6.92 Å². The van der Waals surface area contributed by atoms with E-state index in [9.17, 15) is 0 Å². The van der Waals surface area contributed by atoms with Gasteiger partial charge in [0.15, 0.2) is 0 Å². The molecule has 0 radical (unpaired) electrons. The minimum absolute atomic E-state index is 0. The summed E-state index contributed by atoms with van der Waals surface area (Å²) in [5.74, 6) is 0. The van der Waals surface area contributed by atoms with E-state index in [0.29, 0.717) is 6.61 Å². The number of nitrogens with zero attached hydrogens (tertiary/aromatic N) is 2. The quantitative estimate of drug-likeness (QED) is 0.401. The summed E-state index contributed by atoms with van der Waals surface area (Å²) in [6.07, 6.45) is -0.141. The lowest BCUT2D eigenvalue weighted by Gasteiger charge is -2.35. The summed E-state index contributed by atoms with van der Waals surface area (Å²) in [5, 5.41) is 0.751. The van der Waals surface area contributed by atoms with Crippen LogP contribution < -0.4 is 0 Å². The van der Waals surface area contributed by atoms with Crippen molar-refractivity contribution >= 4 is 24.0 Å². The van der Waals surface area contributed by atoms with Gasteiger partial charge in [0.25, 0.3) is 0 Å². The molecule has 1 aliphatic rings. The van der Waals surface area contributed by atoms with Gasteiger partial charge in [0.1, 0.15) is 6.10 Å². The minimum atomic E-state index is -0.141. The molecule has 0 aliphatic carbocycles. The number of hydrogen-bond donors (Lipinski definition) is 0. The first kappa shape index (κ1) is 24.8. The molecule has 1 atom stereocenters. The van der Waals surface area contributed by atoms with Crippen molar-refractivity contribution in [1.29, 1.82) is 0 Å². The van der Waals surface area contributed by atoms with Gasteiger partial charge in [-0.1, -0.05) is 84.4 Å². The molecule has 0 N–H and O–H groups in total. The number of rotatable bonds is 8. The van der Waals surface area contributed by atoms with Crippen LogP contribution in [0.1, 0.15) is 28.4 Å². The number of aryl methyl sites for hydroxylation is 1. The summed E-state index contributed by atoms with van der Waals surface area (Å²) in [6.45, 7) is 9.22. The minimum Gasteiger partial charge on any atom is -0.367 e. The monoisotopic (exact) mass is 470 g/mol. The van der Waals surface area contributed by atoms with Gasteiger partial charge in [-0.3, -0.25) is 9.80 Å². The van der Waals surface area contributed by atoms with Gasteiger partial charge in [-0.15, -0.1) is 12.4 Å². The number of hydrogen-bond acceptors (Lipinski definition) is 3. The molecule has 0 amide bonds. The number of benzene rings is 3. The van der Waals surface area contributed by atoms with Crippen LogP contribution in [-0.4, -0.2) is 49.1 Å². The van der Waals surface area contributed by atoms with Crippen LogP contribution in [0.25, 0.3) is 0 Å². The largest absolute Gasteiger partial charge is 0.367 e. The molecular weight excluding hydrogens is 439 g/mol. The van der Waals surface area contributed by atoms with Crippen LogP contribution in [-0.2, 0) is 11.3 Å². The molecule has 3 aromatic carbocycles. The molecule has 1 saturated heterocycles. The molecule has 32 heavy (non-hydrogen) atoms. The van der Waals surface area contributed by atoms with E-state index in [1.54, 1.807) is 0 Å². The number of piperazine rings is 1. The maximum atomic E-state index is 6.49. The van der Waals surface area contributed by atoms with E-state index in [2.05, 4.69) is 71.3 Å². The van der Waals surface area contributed by atoms with E-state index in [-0.39, 0.29) is 18.5 Å². The van der Waals surface area contributed by atoms with Crippen LogP contribution in [0.5, 0.6) is 0 Å². The fraction of sp³-hybridized carbons (Fsp3) is 0.333. The van der Waals surface area contributed by atoms with Crippen molar-refractivity contribution in [3.05, 3.63) is 106 Å². The molecule has 1 fully saturated rings. The third-order valence-corrected chi connectivity index (χ3v) is 6.45. The van der Waals surface area contributed by atoms with Crippen molar-refractivity contribution in [2.45, 2.75) is 19.6 Å². The molecule has 5 heteroatoms. The molecular formula is C27H32Cl2N2O. The second kappa shape index (κ2) is 12.4. The van der Waals surface area contributed by atoms with Crippen LogP contribution in [0.2, 0.25) is 5.02 Å². The molecule has 0 spiro atoms. The standard InChI is InChI=1S/C27H31ClN2O.ClH/c1-22-9-5-6-12-24(22)21-30-17-15-29(16-18-30)19-20-31-27(23-10-3-2-4-11-23)25-13-7-8-14-26(25)28;/h2-14,27H,15-21H2,1H3;1H. The van der Waals surface area contributed by atoms with Gasteiger partial charge in [-0.05, 0) is 29.7 Å². The average Bonchev–Trinajstić information content (AvgIpc) is 2.81. The maximum Gasteiger partial charge on any atom is 0.109 e. The van der Waals surface area contributed by atoms with Crippen molar-refractivity contribution in [1.82, 2.24) is 9.80 Å². The van der Waals surface area contributed by atoms with E-state index in [1.807, 2.05) is 24.3 Å². The summed E-state index contributed by atoms with van der Waals surface area (Å²) < 4.78 is 6.40. The summed E-state index contributed by atoms with van der Waals surface area (Å²) in [4.78, 5) is 5.05. The lowest BCUT2D eigenvalue weighted by molar-refractivity contribution is 0.0442. The molecule has 3 aromatic rings. The molecule has 0 saturated carbocycles. The fourth-order valence-corrected chi connectivity index (χ4v) is 4.42. The van der Waals surface area contributed by atoms with Crippen LogP contribution in [0.15, 0.2) is 78.9 Å². The molecule has 3 nitrogen and oxygen atoms in total. The first-order valence-electron chi connectivity index (χ1n) is 11.1. The van der Waals surface area contributed by atoms with Crippen LogP contribution in [0.4, 0.5) is 0 Å². The van der Waals surface area contributed by atoms with Crippen LogP contribution in [0.3, 0.4) is 0 Å². The Labute approximate surface area is 203 Å². The van der Waals surface area contributed by atoms with Gasteiger partial charge < -0.3 is 4.74 Å². The first-order valence-corrected chi connectivity index (χ1v) is 11.5. The van der Waals surface area contributed by atoms with Gasteiger partial charge >= 0.3 is 0 Å². The van der Waals surface area contributed by atoms with Gasteiger partial charge in [0, 0.05) is 49.9 Å². The summed E-state index contributed by atoms with van der Waals surface area (Å²) >= 11 is 6.49. The highest BCUT2D eigenvalue weighted by molar-refractivity contribution is 6.31. The van der Waals surface area contributed by atoms with Crippen LogP contribution >= 0.6 is 24.0 Å². The van der Waals surface area contributed by atoms with Gasteiger partial charge in [-0.2, -0.15) is 0 Å². The molecule has 170 valence electrons. The Morgan fingerprint density at radius 2 is 1.44 bits per heavy atom. The molecule has 4 rings (SSSR count). The van der Waals surface area contributed by atoms with Crippen molar-refractivity contribution < 1.29 is 4.74 Å². The predicted molar refractivity (Wildman–Crippen MR) is 136 cm³/mol. The Bertz CT molecular complexity index is 959. The Hall–Kier alpha value is -1.88. The summed E-state index contributed by atoms with van der Waals surface area (Å²) in [5.41, 5.74) is 4.98. The number of halogens is 2. The third kappa shape index (κ3) is 6.57. The zero-order valence-corrected chi connectivity index (χ0v) is 20.2. The third-order valence-electron chi connectivity index (χ3n) is 6.10. The lowest BCUT2D eigenvalue weighted by Crippen LogP contribution is -2.46. The highest BCUT2D eigenvalue weighted by Crippen LogP contribution is 2.31. The Morgan fingerprint density at radius 3 is 2.16 bits per heavy atom. The first-order chi connectivity index (χ1) is 15.2.